The highest BCUT2D eigenvalue weighted by molar-refractivity contribution is 6.46. The number of anilines is 2. The third kappa shape index (κ3) is 3.96. The zero-order chi connectivity index (χ0) is 24.2. The van der Waals surface area contributed by atoms with Crippen molar-refractivity contribution in [2.24, 2.45) is 0 Å². The van der Waals surface area contributed by atoms with E-state index < -0.39 is 11.8 Å². The molecule has 174 valence electrons. The molecule has 7 heteroatoms. The molecular formula is C27H26N2O5. The summed E-state index contributed by atoms with van der Waals surface area (Å²) in [6.07, 6.45) is 0. The molecule has 2 amide bonds. The second-order valence-corrected chi connectivity index (χ2v) is 7.52. The number of nitrogens with zero attached hydrogens (tertiary/aromatic N) is 2. The lowest BCUT2D eigenvalue weighted by atomic mass is 10.0. The van der Waals surface area contributed by atoms with Crippen LogP contribution in [0.2, 0.25) is 0 Å². The Hall–Kier alpha value is -4.26. The quantitative estimate of drug-likeness (QED) is 0.462. The Bertz CT molecular complexity index is 1250. The molecule has 0 radical (unpaired) electrons. The first-order chi connectivity index (χ1) is 16.5. The summed E-state index contributed by atoms with van der Waals surface area (Å²) in [6, 6.07) is 21.6. The van der Waals surface area contributed by atoms with Crippen molar-refractivity contribution in [1.82, 2.24) is 0 Å². The number of benzene rings is 3. The summed E-state index contributed by atoms with van der Waals surface area (Å²) < 4.78 is 16.1. The molecule has 0 saturated heterocycles. The van der Waals surface area contributed by atoms with E-state index in [1.54, 1.807) is 56.7 Å². The second-order valence-electron chi connectivity index (χ2n) is 7.52. The lowest BCUT2D eigenvalue weighted by molar-refractivity contribution is -0.120. The number of hydrogen-bond acceptors (Lipinski definition) is 6. The summed E-state index contributed by atoms with van der Waals surface area (Å²) in [5.74, 6) is 0.720. The zero-order valence-electron chi connectivity index (χ0n) is 19.6. The molecule has 0 atom stereocenters. The molecule has 4 rings (SSSR count). The number of para-hydroxylation sites is 1. The highest BCUT2D eigenvalue weighted by Crippen LogP contribution is 2.39. The van der Waals surface area contributed by atoms with Gasteiger partial charge < -0.3 is 19.1 Å². The summed E-state index contributed by atoms with van der Waals surface area (Å²) in [5.41, 5.74) is 2.40. The van der Waals surface area contributed by atoms with Crippen molar-refractivity contribution in [1.29, 1.82) is 0 Å². The Morgan fingerprint density at radius 2 is 1.50 bits per heavy atom. The average Bonchev–Trinajstić information content (AvgIpc) is 3.14. The van der Waals surface area contributed by atoms with Gasteiger partial charge in [0.2, 0.25) is 0 Å². The molecule has 7 nitrogen and oxygen atoms in total. The minimum absolute atomic E-state index is 0.291. The highest BCUT2D eigenvalue weighted by Gasteiger charge is 2.43. The highest BCUT2D eigenvalue weighted by atomic mass is 16.5. The van der Waals surface area contributed by atoms with E-state index in [0.29, 0.717) is 46.3 Å². The third-order valence-electron chi connectivity index (χ3n) is 5.70. The summed E-state index contributed by atoms with van der Waals surface area (Å²) in [4.78, 5) is 30.7. The lowest BCUT2D eigenvalue weighted by Crippen LogP contribution is -2.35. The number of carbonyl (C=O) groups is 2. The van der Waals surface area contributed by atoms with Gasteiger partial charge in [0.1, 0.15) is 11.4 Å². The normalized spacial score (nSPS) is 13.4. The van der Waals surface area contributed by atoms with Crippen LogP contribution in [-0.4, -0.2) is 39.7 Å². The summed E-state index contributed by atoms with van der Waals surface area (Å²) in [7, 11) is 4.62. The van der Waals surface area contributed by atoms with Gasteiger partial charge in [-0.3, -0.25) is 9.59 Å². The monoisotopic (exact) mass is 458 g/mol. The van der Waals surface area contributed by atoms with Gasteiger partial charge in [-0.1, -0.05) is 30.3 Å². The fraction of sp³-hybridized carbons (Fsp3) is 0.185. The zero-order valence-corrected chi connectivity index (χ0v) is 19.6. The van der Waals surface area contributed by atoms with Crippen molar-refractivity contribution in [2.75, 3.05) is 37.7 Å². The van der Waals surface area contributed by atoms with Crippen molar-refractivity contribution < 1.29 is 23.8 Å². The molecule has 3 aromatic rings. The van der Waals surface area contributed by atoms with Gasteiger partial charge >= 0.3 is 0 Å². The molecule has 3 aromatic carbocycles. The smallest absolute Gasteiger partial charge is 0.282 e. The van der Waals surface area contributed by atoms with Crippen LogP contribution in [0.4, 0.5) is 11.4 Å². The molecule has 0 fully saturated rings. The van der Waals surface area contributed by atoms with E-state index in [0.717, 1.165) is 5.69 Å². The number of methoxy groups -OCH3 is 3. The van der Waals surface area contributed by atoms with Gasteiger partial charge in [-0.25, -0.2) is 4.90 Å². The fourth-order valence-electron chi connectivity index (χ4n) is 4.08. The number of rotatable bonds is 8. The molecule has 1 heterocycles. The first kappa shape index (κ1) is 22.9. The Morgan fingerprint density at radius 1 is 0.765 bits per heavy atom. The van der Waals surface area contributed by atoms with Gasteiger partial charge in [-0.15, -0.1) is 0 Å². The maximum absolute atomic E-state index is 13.9. The van der Waals surface area contributed by atoms with Crippen LogP contribution >= 0.6 is 0 Å². The minimum Gasteiger partial charge on any atom is -0.497 e. The number of hydrogen-bond donors (Lipinski definition) is 0. The molecule has 0 bridgehead atoms. The summed E-state index contributed by atoms with van der Waals surface area (Å²) >= 11 is 0. The number of ether oxygens (including phenoxy) is 3. The maximum atomic E-state index is 13.9. The second kappa shape index (κ2) is 9.70. The molecule has 0 N–H and O–H groups in total. The molecule has 0 aromatic heterocycles. The van der Waals surface area contributed by atoms with Gasteiger partial charge in [0.25, 0.3) is 11.8 Å². The molecular weight excluding hydrogens is 432 g/mol. The molecule has 1 aliphatic heterocycles. The SMILES string of the molecule is CCN(C1=C(c2ccc(OC)c(OC)c2)C(=O)N(c2cccc(OC)c2)C1=O)c1ccccc1. The van der Waals surface area contributed by atoms with Crippen LogP contribution in [0.25, 0.3) is 5.57 Å². The van der Waals surface area contributed by atoms with E-state index in [-0.39, 0.29) is 0 Å². The summed E-state index contributed by atoms with van der Waals surface area (Å²) in [5, 5.41) is 0. The van der Waals surface area contributed by atoms with Gasteiger partial charge in [0.15, 0.2) is 11.5 Å². The van der Waals surface area contributed by atoms with E-state index in [1.807, 2.05) is 42.2 Å². The van der Waals surface area contributed by atoms with E-state index in [1.165, 1.54) is 12.0 Å². The molecule has 34 heavy (non-hydrogen) atoms. The van der Waals surface area contributed by atoms with Gasteiger partial charge in [-0.2, -0.15) is 0 Å². The fourth-order valence-corrected chi connectivity index (χ4v) is 4.08. The van der Waals surface area contributed by atoms with Crippen LogP contribution in [0, 0.1) is 0 Å². The van der Waals surface area contributed by atoms with Crippen molar-refractivity contribution in [3.63, 3.8) is 0 Å². The van der Waals surface area contributed by atoms with E-state index in [9.17, 15) is 9.59 Å². The van der Waals surface area contributed by atoms with Crippen molar-refractivity contribution in [3.05, 3.63) is 84.1 Å². The first-order valence-electron chi connectivity index (χ1n) is 10.9. The number of likely N-dealkylation sites (N-methyl/N-ethyl adjacent to an activating group) is 1. The van der Waals surface area contributed by atoms with Gasteiger partial charge in [0.05, 0.1) is 32.6 Å². The molecule has 0 aliphatic carbocycles. The number of carbonyl (C=O) groups excluding carboxylic acids is 2. The standard InChI is InChI=1S/C27H26N2O5/c1-5-28(19-10-7-6-8-11-19)25-24(18-14-15-22(33-3)23(16-18)34-4)26(30)29(27(25)31)20-12-9-13-21(17-20)32-2/h6-17H,5H2,1-4H3. The Labute approximate surface area is 198 Å². The van der Waals surface area contributed by atoms with Crippen LogP contribution in [0.15, 0.2) is 78.5 Å². The topological polar surface area (TPSA) is 68.3 Å². The summed E-state index contributed by atoms with van der Waals surface area (Å²) in [6.45, 7) is 2.43. The molecule has 0 unspecified atom stereocenters. The molecule has 0 saturated carbocycles. The third-order valence-corrected chi connectivity index (χ3v) is 5.70. The average molecular weight is 459 g/mol. The van der Waals surface area contributed by atoms with Gasteiger partial charge in [0, 0.05) is 18.3 Å². The number of amides is 2. The maximum Gasteiger partial charge on any atom is 0.282 e. The largest absolute Gasteiger partial charge is 0.497 e. The van der Waals surface area contributed by atoms with Crippen LogP contribution in [0.5, 0.6) is 17.2 Å². The van der Waals surface area contributed by atoms with Crippen molar-refractivity contribution in [2.45, 2.75) is 6.92 Å². The van der Waals surface area contributed by atoms with Crippen molar-refractivity contribution in [3.8, 4) is 17.2 Å². The predicted molar refractivity (Wildman–Crippen MR) is 131 cm³/mol. The van der Waals surface area contributed by atoms with Crippen LogP contribution in [0.1, 0.15) is 12.5 Å². The van der Waals surface area contributed by atoms with E-state index >= 15 is 0 Å². The molecule has 1 aliphatic rings. The van der Waals surface area contributed by atoms with Crippen molar-refractivity contribution >= 4 is 28.8 Å². The minimum atomic E-state index is -0.421. The van der Waals surface area contributed by atoms with E-state index in [2.05, 4.69) is 0 Å². The Balaban J connectivity index is 1.93. The Kier molecular flexibility index (Phi) is 6.54. The lowest BCUT2D eigenvalue weighted by Gasteiger charge is -2.25. The van der Waals surface area contributed by atoms with Gasteiger partial charge in [-0.05, 0) is 48.9 Å². The van der Waals surface area contributed by atoms with E-state index in [4.69, 9.17) is 14.2 Å². The molecule has 0 spiro atoms. The first-order valence-corrected chi connectivity index (χ1v) is 10.9. The van der Waals surface area contributed by atoms with Crippen LogP contribution in [0.3, 0.4) is 0 Å². The predicted octanol–water partition coefficient (Wildman–Crippen LogP) is 4.52. The van der Waals surface area contributed by atoms with Crippen LogP contribution < -0.4 is 24.0 Å². The van der Waals surface area contributed by atoms with Crippen LogP contribution in [-0.2, 0) is 9.59 Å². The number of imide groups is 1. The Morgan fingerprint density at radius 3 is 2.15 bits per heavy atom.